The summed E-state index contributed by atoms with van der Waals surface area (Å²) < 4.78 is 57.3. The van der Waals surface area contributed by atoms with Gasteiger partial charge in [-0.1, -0.05) is 24.3 Å². The standard InChI is InChI=1S/C25H21F4N3O2/c1-3-32-21-14-16(22(33)30-19-6-4-5-15(2)13-19)7-12-20(21)31-23(32)24(34,25(27,28)29)17-8-10-18(26)11-9-17/h4-14,34H,3H2,1-2H3,(H,30,33). The molecular formula is C25H21F4N3O2. The second-order valence-electron chi connectivity index (χ2n) is 7.92. The zero-order valence-electron chi connectivity index (χ0n) is 18.3. The normalized spacial score (nSPS) is 13.6. The maximum absolute atomic E-state index is 14.2. The van der Waals surface area contributed by atoms with Crippen molar-refractivity contribution in [3.8, 4) is 0 Å². The van der Waals surface area contributed by atoms with E-state index in [9.17, 15) is 27.5 Å². The molecule has 1 amide bonds. The monoisotopic (exact) mass is 471 g/mol. The van der Waals surface area contributed by atoms with E-state index in [1.54, 1.807) is 25.1 Å². The molecule has 0 fully saturated rings. The molecule has 5 nitrogen and oxygen atoms in total. The number of hydrogen-bond acceptors (Lipinski definition) is 3. The first-order valence-corrected chi connectivity index (χ1v) is 10.5. The van der Waals surface area contributed by atoms with Crippen LogP contribution in [0.1, 0.15) is 34.2 Å². The lowest BCUT2D eigenvalue weighted by Crippen LogP contribution is -2.45. The molecule has 0 saturated carbocycles. The molecule has 1 unspecified atom stereocenters. The van der Waals surface area contributed by atoms with Gasteiger partial charge in [-0.3, -0.25) is 4.79 Å². The summed E-state index contributed by atoms with van der Waals surface area (Å²) in [7, 11) is 0. The molecule has 0 aliphatic carbocycles. The number of anilines is 1. The van der Waals surface area contributed by atoms with Crippen LogP contribution in [0.4, 0.5) is 23.2 Å². The van der Waals surface area contributed by atoms with Crippen LogP contribution < -0.4 is 5.32 Å². The van der Waals surface area contributed by atoms with Crippen LogP contribution in [0.3, 0.4) is 0 Å². The number of alkyl halides is 3. The van der Waals surface area contributed by atoms with Crippen LogP contribution in [0.5, 0.6) is 0 Å². The average Bonchev–Trinajstić information content (AvgIpc) is 3.16. The number of aliphatic hydroxyl groups is 1. The Kier molecular flexibility index (Phi) is 5.91. The number of halogens is 4. The van der Waals surface area contributed by atoms with Gasteiger partial charge < -0.3 is 15.0 Å². The second-order valence-corrected chi connectivity index (χ2v) is 7.92. The van der Waals surface area contributed by atoms with Gasteiger partial charge in [-0.15, -0.1) is 0 Å². The van der Waals surface area contributed by atoms with Crippen LogP contribution in [0, 0.1) is 12.7 Å². The van der Waals surface area contributed by atoms with Crippen LogP contribution in [0.2, 0.25) is 0 Å². The molecule has 4 rings (SSSR count). The summed E-state index contributed by atoms with van der Waals surface area (Å²) in [4.78, 5) is 16.9. The van der Waals surface area contributed by atoms with Crippen molar-refractivity contribution >= 4 is 22.6 Å². The number of fused-ring (bicyclic) bond motifs is 1. The van der Waals surface area contributed by atoms with E-state index in [2.05, 4.69) is 10.3 Å². The summed E-state index contributed by atoms with van der Waals surface area (Å²) in [5.41, 5.74) is -1.88. The first kappa shape index (κ1) is 23.4. The minimum Gasteiger partial charge on any atom is -0.370 e. The van der Waals surface area contributed by atoms with Gasteiger partial charge in [-0.05, 0) is 61.9 Å². The highest BCUT2D eigenvalue weighted by atomic mass is 19.4. The van der Waals surface area contributed by atoms with E-state index in [1.165, 1.54) is 22.8 Å². The Bertz CT molecular complexity index is 1360. The molecule has 0 aliphatic rings. The fraction of sp³-hybridized carbons (Fsp3) is 0.200. The van der Waals surface area contributed by atoms with E-state index in [-0.39, 0.29) is 23.1 Å². The molecular weight excluding hydrogens is 450 g/mol. The van der Waals surface area contributed by atoms with Gasteiger partial charge in [0.15, 0.2) is 5.82 Å². The van der Waals surface area contributed by atoms with Gasteiger partial charge >= 0.3 is 6.18 Å². The SMILES string of the molecule is CCn1c(C(O)(c2ccc(F)cc2)C(F)(F)F)nc2ccc(C(=O)Nc3cccc(C)c3)cc21. The molecule has 0 radical (unpaired) electrons. The number of benzene rings is 3. The Morgan fingerprint density at radius 3 is 2.38 bits per heavy atom. The predicted octanol–water partition coefficient (Wildman–Crippen LogP) is 5.55. The Morgan fingerprint density at radius 1 is 1.06 bits per heavy atom. The molecule has 1 atom stereocenters. The number of aryl methyl sites for hydroxylation is 2. The number of nitrogens with one attached hydrogen (secondary N) is 1. The summed E-state index contributed by atoms with van der Waals surface area (Å²) in [5.74, 6) is -1.84. The number of rotatable bonds is 5. The Labute approximate surface area is 192 Å². The van der Waals surface area contributed by atoms with Crippen molar-refractivity contribution in [1.29, 1.82) is 0 Å². The van der Waals surface area contributed by atoms with E-state index >= 15 is 0 Å². The third-order valence-corrected chi connectivity index (χ3v) is 5.60. The van der Waals surface area contributed by atoms with Gasteiger partial charge in [0.05, 0.1) is 11.0 Å². The molecule has 4 aromatic rings. The zero-order chi connectivity index (χ0) is 24.7. The number of aromatic nitrogens is 2. The highest BCUT2D eigenvalue weighted by molar-refractivity contribution is 6.06. The van der Waals surface area contributed by atoms with Crippen LogP contribution in [0.15, 0.2) is 66.7 Å². The minimum absolute atomic E-state index is 0.0361. The molecule has 34 heavy (non-hydrogen) atoms. The number of imidazole rings is 1. The van der Waals surface area contributed by atoms with Crippen molar-refractivity contribution in [2.45, 2.75) is 32.2 Å². The maximum atomic E-state index is 14.2. The summed E-state index contributed by atoms with van der Waals surface area (Å²) in [5, 5.41) is 13.7. The Morgan fingerprint density at radius 2 is 1.76 bits per heavy atom. The van der Waals surface area contributed by atoms with Crippen molar-refractivity contribution in [3.05, 3.63) is 95.1 Å². The van der Waals surface area contributed by atoms with Gasteiger partial charge in [0.25, 0.3) is 5.91 Å². The number of amides is 1. The molecule has 9 heteroatoms. The van der Waals surface area contributed by atoms with Gasteiger partial charge in [0.1, 0.15) is 5.82 Å². The Hall–Kier alpha value is -3.72. The molecule has 1 aromatic heterocycles. The second kappa shape index (κ2) is 8.57. The van der Waals surface area contributed by atoms with Crippen LogP contribution >= 0.6 is 0 Å². The molecule has 0 aliphatic heterocycles. The smallest absolute Gasteiger partial charge is 0.370 e. The van der Waals surface area contributed by atoms with Crippen LogP contribution in [0.25, 0.3) is 11.0 Å². The van der Waals surface area contributed by atoms with Crippen molar-refractivity contribution in [2.75, 3.05) is 5.32 Å². The lowest BCUT2D eigenvalue weighted by atomic mass is 9.92. The molecule has 1 heterocycles. The minimum atomic E-state index is -5.15. The van der Waals surface area contributed by atoms with E-state index < -0.39 is 34.9 Å². The van der Waals surface area contributed by atoms with Gasteiger partial charge in [-0.25, -0.2) is 9.37 Å². The van der Waals surface area contributed by atoms with Gasteiger partial charge in [0.2, 0.25) is 5.60 Å². The van der Waals surface area contributed by atoms with Gasteiger partial charge in [-0.2, -0.15) is 13.2 Å². The first-order chi connectivity index (χ1) is 16.0. The largest absolute Gasteiger partial charge is 0.428 e. The van der Waals surface area contributed by atoms with Crippen LogP contribution in [-0.4, -0.2) is 26.7 Å². The highest BCUT2D eigenvalue weighted by Crippen LogP contribution is 2.44. The third kappa shape index (κ3) is 4.03. The quantitative estimate of drug-likeness (QED) is 0.375. The number of carbonyl (C=O) groups is 1. The predicted molar refractivity (Wildman–Crippen MR) is 120 cm³/mol. The van der Waals surface area contributed by atoms with Gasteiger partial charge in [0, 0.05) is 23.4 Å². The summed E-state index contributed by atoms with van der Waals surface area (Å²) in [6.45, 7) is 3.52. The number of carbonyl (C=O) groups excluding carboxylic acids is 1. The molecule has 2 N–H and O–H groups in total. The lowest BCUT2D eigenvalue weighted by Gasteiger charge is -2.30. The van der Waals surface area contributed by atoms with Crippen molar-refractivity contribution in [1.82, 2.24) is 9.55 Å². The summed E-state index contributed by atoms with van der Waals surface area (Å²) >= 11 is 0. The fourth-order valence-electron chi connectivity index (χ4n) is 3.90. The van der Waals surface area contributed by atoms with E-state index in [0.29, 0.717) is 5.69 Å². The van der Waals surface area contributed by atoms with E-state index in [4.69, 9.17) is 0 Å². The number of hydrogen-bond donors (Lipinski definition) is 2. The molecule has 176 valence electrons. The van der Waals surface area contributed by atoms with Crippen molar-refractivity contribution in [3.63, 3.8) is 0 Å². The first-order valence-electron chi connectivity index (χ1n) is 10.5. The van der Waals surface area contributed by atoms with Crippen molar-refractivity contribution in [2.24, 2.45) is 0 Å². The number of nitrogens with zero attached hydrogens (tertiary/aromatic N) is 2. The molecule has 0 spiro atoms. The third-order valence-electron chi connectivity index (χ3n) is 5.60. The lowest BCUT2D eigenvalue weighted by molar-refractivity contribution is -0.252. The highest BCUT2D eigenvalue weighted by Gasteiger charge is 2.59. The zero-order valence-corrected chi connectivity index (χ0v) is 18.3. The fourth-order valence-corrected chi connectivity index (χ4v) is 3.90. The summed E-state index contributed by atoms with van der Waals surface area (Å²) in [6.07, 6.45) is -5.15. The van der Waals surface area contributed by atoms with E-state index in [1.807, 2.05) is 13.0 Å². The molecule has 3 aromatic carbocycles. The van der Waals surface area contributed by atoms with E-state index in [0.717, 1.165) is 29.8 Å². The maximum Gasteiger partial charge on any atom is 0.428 e. The molecule has 0 saturated heterocycles. The topological polar surface area (TPSA) is 67.1 Å². The molecule has 0 bridgehead atoms. The van der Waals surface area contributed by atoms with Crippen molar-refractivity contribution < 1.29 is 27.5 Å². The Balaban J connectivity index is 1.82. The van der Waals surface area contributed by atoms with Crippen LogP contribution in [-0.2, 0) is 12.1 Å². The average molecular weight is 471 g/mol. The summed E-state index contributed by atoms with van der Waals surface area (Å²) in [6, 6.07) is 14.9.